The maximum Gasteiger partial charge on any atom is 0.417 e. The first-order valence-electron chi connectivity index (χ1n) is 8.27. The van der Waals surface area contributed by atoms with Gasteiger partial charge in [-0.1, -0.05) is 41.4 Å². The zero-order valence-corrected chi connectivity index (χ0v) is 16.4. The number of benzene rings is 2. The van der Waals surface area contributed by atoms with Gasteiger partial charge < -0.3 is 10.6 Å². The van der Waals surface area contributed by atoms with E-state index in [-0.39, 0.29) is 23.9 Å². The smallest absolute Gasteiger partial charge is 0.360 e. The average molecular weight is 458 g/mol. The van der Waals surface area contributed by atoms with Crippen LogP contribution in [0.3, 0.4) is 0 Å². The minimum absolute atomic E-state index is 0.0782. The first kappa shape index (κ1) is 21.6. The lowest BCUT2D eigenvalue weighted by Gasteiger charge is -2.13. The van der Waals surface area contributed by atoms with Crippen molar-refractivity contribution in [1.82, 2.24) is 9.97 Å². The maximum absolute atomic E-state index is 13.1. The van der Waals surface area contributed by atoms with Crippen LogP contribution in [0.4, 0.5) is 36.2 Å². The van der Waals surface area contributed by atoms with Crippen LogP contribution < -0.4 is 10.6 Å². The summed E-state index contributed by atoms with van der Waals surface area (Å²) in [5.41, 5.74) is -1.02. The fourth-order valence-corrected chi connectivity index (χ4v) is 2.98. The molecule has 2 aromatic carbocycles. The van der Waals surface area contributed by atoms with Gasteiger partial charge in [-0.2, -0.15) is 13.2 Å². The van der Waals surface area contributed by atoms with Crippen LogP contribution in [0.2, 0.25) is 10.0 Å². The predicted molar refractivity (Wildman–Crippen MR) is 107 cm³/mol. The Labute approximate surface area is 178 Å². The van der Waals surface area contributed by atoms with Gasteiger partial charge in [0.05, 0.1) is 15.5 Å². The monoisotopic (exact) mass is 457 g/mol. The van der Waals surface area contributed by atoms with Gasteiger partial charge in [0.15, 0.2) is 0 Å². The summed E-state index contributed by atoms with van der Waals surface area (Å²) in [5.74, 6) is -0.408. The van der Waals surface area contributed by atoms with Crippen molar-refractivity contribution in [3.05, 3.63) is 80.1 Å². The molecule has 12 heteroatoms. The molecular formula is C18H12Cl2F3N5O2. The quantitative estimate of drug-likeness (QED) is 0.344. The fourth-order valence-electron chi connectivity index (χ4n) is 2.55. The molecule has 0 aliphatic rings. The lowest BCUT2D eigenvalue weighted by Crippen LogP contribution is -2.09. The van der Waals surface area contributed by atoms with Gasteiger partial charge in [-0.05, 0) is 29.8 Å². The number of nitro groups is 1. The Morgan fingerprint density at radius 3 is 2.40 bits per heavy atom. The van der Waals surface area contributed by atoms with Gasteiger partial charge in [0.1, 0.15) is 6.33 Å². The predicted octanol–water partition coefficient (Wildman–Crippen LogP) is 6.07. The third kappa shape index (κ3) is 4.89. The average Bonchev–Trinajstić information content (AvgIpc) is 2.68. The molecule has 0 fully saturated rings. The molecule has 2 N–H and O–H groups in total. The summed E-state index contributed by atoms with van der Waals surface area (Å²) in [6.45, 7) is 0.135. The maximum atomic E-state index is 13.1. The fraction of sp³-hybridized carbons (Fsp3) is 0.111. The highest BCUT2D eigenvalue weighted by atomic mass is 35.5. The third-order valence-electron chi connectivity index (χ3n) is 3.94. The van der Waals surface area contributed by atoms with E-state index in [4.69, 9.17) is 23.2 Å². The van der Waals surface area contributed by atoms with Crippen molar-refractivity contribution in [3.8, 4) is 0 Å². The van der Waals surface area contributed by atoms with Crippen molar-refractivity contribution < 1.29 is 18.1 Å². The zero-order chi connectivity index (χ0) is 21.9. The van der Waals surface area contributed by atoms with Crippen molar-refractivity contribution in [2.75, 3.05) is 10.6 Å². The molecule has 3 aromatic rings. The summed E-state index contributed by atoms with van der Waals surface area (Å²) >= 11 is 11.7. The Morgan fingerprint density at radius 1 is 1.03 bits per heavy atom. The minimum atomic E-state index is -4.69. The minimum Gasteiger partial charge on any atom is -0.360 e. The van der Waals surface area contributed by atoms with E-state index in [2.05, 4.69) is 20.6 Å². The van der Waals surface area contributed by atoms with Gasteiger partial charge in [0, 0.05) is 17.3 Å². The molecule has 0 amide bonds. The number of anilines is 3. The zero-order valence-electron chi connectivity index (χ0n) is 14.9. The summed E-state index contributed by atoms with van der Waals surface area (Å²) in [6.07, 6.45) is -3.64. The molecule has 0 aliphatic heterocycles. The van der Waals surface area contributed by atoms with E-state index in [0.29, 0.717) is 10.6 Å². The van der Waals surface area contributed by atoms with Crippen LogP contribution in [0.5, 0.6) is 0 Å². The van der Waals surface area contributed by atoms with E-state index >= 15 is 0 Å². The first-order valence-corrected chi connectivity index (χ1v) is 9.03. The van der Waals surface area contributed by atoms with Gasteiger partial charge >= 0.3 is 11.9 Å². The second-order valence-electron chi connectivity index (χ2n) is 5.94. The lowest BCUT2D eigenvalue weighted by molar-refractivity contribution is -0.383. The van der Waals surface area contributed by atoms with Crippen molar-refractivity contribution in [1.29, 1.82) is 0 Å². The normalized spacial score (nSPS) is 11.2. The Bertz CT molecular complexity index is 1100. The number of halogens is 5. The summed E-state index contributed by atoms with van der Waals surface area (Å²) < 4.78 is 39.2. The third-order valence-corrected chi connectivity index (χ3v) is 4.64. The highest BCUT2D eigenvalue weighted by molar-refractivity contribution is 6.31. The second kappa shape index (κ2) is 8.72. The number of aromatic nitrogens is 2. The number of rotatable bonds is 6. The van der Waals surface area contributed by atoms with Gasteiger partial charge in [-0.15, -0.1) is 0 Å². The lowest BCUT2D eigenvalue weighted by atomic mass is 10.2. The van der Waals surface area contributed by atoms with E-state index in [9.17, 15) is 23.3 Å². The summed E-state index contributed by atoms with van der Waals surface area (Å²) in [4.78, 5) is 18.5. The van der Waals surface area contributed by atoms with Crippen LogP contribution in [0.25, 0.3) is 0 Å². The van der Waals surface area contributed by atoms with Gasteiger partial charge in [-0.25, -0.2) is 9.97 Å². The highest BCUT2D eigenvalue weighted by Gasteiger charge is 2.33. The number of nitrogens with zero attached hydrogens (tertiary/aromatic N) is 3. The molecular weight excluding hydrogens is 446 g/mol. The van der Waals surface area contributed by atoms with E-state index in [1.807, 2.05) is 0 Å². The van der Waals surface area contributed by atoms with Crippen molar-refractivity contribution in [2.45, 2.75) is 12.7 Å². The Balaban J connectivity index is 1.92. The van der Waals surface area contributed by atoms with Crippen LogP contribution in [0.15, 0.2) is 48.8 Å². The molecule has 30 heavy (non-hydrogen) atoms. The molecule has 0 saturated carbocycles. The van der Waals surface area contributed by atoms with Crippen LogP contribution in [-0.4, -0.2) is 14.9 Å². The molecule has 7 nitrogen and oxygen atoms in total. The summed E-state index contributed by atoms with van der Waals surface area (Å²) in [6, 6.07) is 9.92. The Hall–Kier alpha value is -3.11. The molecule has 0 unspecified atom stereocenters. The molecule has 1 aromatic heterocycles. The Kier molecular flexibility index (Phi) is 6.28. The molecule has 0 radical (unpaired) electrons. The largest absolute Gasteiger partial charge is 0.417 e. The number of alkyl halides is 3. The second-order valence-corrected chi connectivity index (χ2v) is 6.75. The topological polar surface area (TPSA) is 93.0 Å². The van der Waals surface area contributed by atoms with Gasteiger partial charge in [-0.3, -0.25) is 10.1 Å². The molecule has 3 rings (SSSR count). The molecule has 0 bridgehead atoms. The van der Waals surface area contributed by atoms with E-state index in [1.54, 1.807) is 24.3 Å². The number of hydrogen-bond donors (Lipinski definition) is 2. The molecule has 1 heterocycles. The summed E-state index contributed by atoms with van der Waals surface area (Å²) in [5, 5.41) is 16.9. The Morgan fingerprint density at radius 2 is 1.73 bits per heavy atom. The molecule has 0 saturated heterocycles. The SMILES string of the molecule is O=[N+]([O-])c1c(NCc2ccccc2Cl)ncnc1Nc1ccc(Cl)c(C(F)(F)F)c1. The van der Waals surface area contributed by atoms with Crippen LogP contribution in [-0.2, 0) is 12.7 Å². The highest BCUT2D eigenvalue weighted by Crippen LogP contribution is 2.38. The van der Waals surface area contributed by atoms with Crippen LogP contribution in [0.1, 0.15) is 11.1 Å². The number of nitrogens with one attached hydrogen (secondary N) is 2. The number of hydrogen-bond acceptors (Lipinski definition) is 6. The van der Waals surface area contributed by atoms with E-state index in [0.717, 1.165) is 18.5 Å². The van der Waals surface area contributed by atoms with Crippen LogP contribution >= 0.6 is 23.2 Å². The van der Waals surface area contributed by atoms with E-state index < -0.39 is 27.4 Å². The van der Waals surface area contributed by atoms with Gasteiger partial charge in [0.2, 0.25) is 11.6 Å². The molecule has 156 valence electrons. The van der Waals surface area contributed by atoms with Gasteiger partial charge in [0.25, 0.3) is 0 Å². The molecule has 0 aliphatic carbocycles. The molecule has 0 atom stereocenters. The molecule has 0 spiro atoms. The first-order chi connectivity index (χ1) is 14.2. The van der Waals surface area contributed by atoms with Crippen molar-refractivity contribution >= 4 is 46.2 Å². The van der Waals surface area contributed by atoms with Crippen LogP contribution in [0, 0.1) is 10.1 Å². The van der Waals surface area contributed by atoms with Crippen molar-refractivity contribution in [3.63, 3.8) is 0 Å². The summed E-state index contributed by atoms with van der Waals surface area (Å²) in [7, 11) is 0. The standard InChI is InChI=1S/C18H12Cl2F3N5O2/c19-13-4-2-1-3-10(13)8-24-16-15(28(29)30)17(26-9-25-16)27-11-5-6-14(20)12(7-11)18(21,22)23/h1-7,9H,8H2,(H2,24,25,26,27). The van der Waals surface area contributed by atoms with E-state index in [1.165, 1.54) is 6.07 Å². The van der Waals surface area contributed by atoms with Crippen molar-refractivity contribution in [2.24, 2.45) is 0 Å².